The van der Waals surface area contributed by atoms with E-state index in [2.05, 4.69) is 20.9 Å². The topological polar surface area (TPSA) is 102 Å². The van der Waals surface area contributed by atoms with Crippen LogP contribution in [0.5, 0.6) is 0 Å². The SMILES string of the molecule is Cc1ccc(-n2ncc(C(C)NC(=O)CSCC(=O)Nc3cc(C)on3)c2C)cc1. The minimum atomic E-state index is -0.232. The Morgan fingerprint density at radius 3 is 2.50 bits per heavy atom. The molecule has 8 nitrogen and oxygen atoms in total. The Bertz CT molecular complexity index is 1030. The highest BCUT2D eigenvalue weighted by Crippen LogP contribution is 2.20. The van der Waals surface area contributed by atoms with E-state index in [0.29, 0.717) is 11.6 Å². The molecule has 2 heterocycles. The second kappa shape index (κ2) is 9.62. The number of anilines is 1. The van der Waals surface area contributed by atoms with E-state index in [1.807, 2.05) is 49.7 Å². The minimum Gasteiger partial charge on any atom is -0.360 e. The maximum Gasteiger partial charge on any atom is 0.235 e. The third-order valence-corrected chi connectivity index (χ3v) is 5.46. The number of amides is 2. The number of nitrogens with one attached hydrogen (secondary N) is 2. The summed E-state index contributed by atoms with van der Waals surface area (Å²) in [5, 5.41) is 13.8. The molecule has 1 atom stereocenters. The Morgan fingerprint density at radius 2 is 1.83 bits per heavy atom. The van der Waals surface area contributed by atoms with E-state index in [9.17, 15) is 9.59 Å². The molecule has 2 aromatic heterocycles. The first-order valence-corrected chi connectivity index (χ1v) is 10.7. The van der Waals surface area contributed by atoms with Crippen LogP contribution in [0.15, 0.2) is 41.1 Å². The van der Waals surface area contributed by atoms with Gasteiger partial charge in [-0.25, -0.2) is 4.68 Å². The van der Waals surface area contributed by atoms with Gasteiger partial charge in [-0.15, -0.1) is 11.8 Å². The van der Waals surface area contributed by atoms with Gasteiger partial charge in [0.15, 0.2) is 5.82 Å². The number of thioether (sulfide) groups is 1. The Hall–Kier alpha value is -3.07. The van der Waals surface area contributed by atoms with Gasteiger partial charge in [0.1, 0.15) is 5.76 Å². The summed E-state index contributed by atoms with van der Waals surface area (Å²) in [5.74, 6) is 0.952. The average molecular weight is 428 g/mol. The third kappa shape index (κ3) is 5.50. The number of aryl methyl sites for hydroxylation is 2. The molecule has 2 amide bonds. The Labute approximate surface area is 179 Å². The van der Waals surface area contributed by atoms with Crippen LogP contribution in [0.25, 0.3) is 5.69 Å². The minimum absolute atomic E-state index is 0.139. The second-order valence-electron chi connectivity index (χ2n) is 7.09. The first-order valence-electron chi connectivity index (χ1n) is 9.55. The van der Waals surface area contributed by atoms with Gasteiger partial charge < -0.3 is 15.2 Å². The van der Waals surface area contributed by atoms with Gasteiger partial charge in [-0.1, -0.05) is 22.9 Å². The summed E-state index contributed by atoms with van der Waals surface area (Å²) in [7, 11) is 0. The Morgan fingerprint density at radius 1 is 1.13 bits per heavy atom. The van der Waals surface area contributed by atoms with Gasteiger partial charge in [-0.2, -0.15) is 5.10 Å². The zero-order valence-corrected chi connectivity index (χ0v) is 18.2. The molecule has 2 N–H and O–H groups in total. The lowest BCUT2D eigenvalue weighted by molar-refractivity contribution is -0.119. The summed E-state index contributed by atoms with van der Waals surface area (Å²) in [6.45, 7) is 7.69. The number of carbonyl (C=O) groups excluding carboxylic acids is 2. The van der Waals surface area contributed by atoms with E-state index < -0.39 is 0 Å². The first-order chi connectivity index (χ1) is 14.3. The lowest BCUT2D eigenvalue weighted by Gasteiger charge is -2.14. The molecule has 0 bridgehead atoms. The zero-order chi connectivity index (χ0) is 21.7. The van der Waals surface area contributed by atoms with E-state index in [-0.39, 0.29) is 29.4 Å². The van der Waals surface area contributed by atoms with Crippen molar-refractivity contribution in [1.82, 2.24) is 20.3 Å². The molecule has 9 heteroatoms. The van der Waals surface area contributed by atoms with Crippen LogP contribution in [0, 0.1) is 20.8 Å². The van der Waals surface area contributed by atoms with Gasteiger partial charge in [0.05, 0.1) is 29.4 Å². The maximum absolute atomic E-state index is 12.3. The summed E-state index contributed by atoms with van der Waals surface area (Å²) in [6, 6.07) is 9.56. The van der Waals surface area contributed by atoms with Gasteiger partial charge in [0.2, 0.25) is 11.8 Å². The number of aromatic nitrogens is 3. The molecule has 0 aliphatic heterocycles. The standard InChI is InChI=1S/C21H25N5O3S/c1-13-5-7-17(8-6-13)26-16(4)18(10-22-26)15(3)23-20(27)11-30-12-21(28)24-19-9-14(2)29-25-19/h5-10,15H,11-12H2,1-4H3,(H,23,27)(H,24,25,28). The van der Waals surface area contributed by atoms with Crippen LogP contribution >= 0.6 is 11.8 Å². The molecule has 30 heavy (non-hydrogen) atoms. The van der Waals surface area contributed by atoms with Crippen LogP contribution in [-0.2, 0) is 9.59 Å². The average Bonchev–Trinajstić information content (AvgIpc) is 3.27. The van der Waals surface area contributed by atoms with E-state index >= 15 is 0 Å². The molecule has 0 aliphatic rings. The summed E-state index contributed by atoms with van der Waals surface area (Å²) >= 11 is 1.24. The summed E-state index contributed by atoms with van der Waals surface area (Å²) in [5.41, 5.74) is 4.09. The van der Waals surface area contributed by atoms with E-state index in [4.69, 9.17) is 4.52 Å². The van der Waals surface area contributed by atoms with Crippen LogP contribution in [0.3, 0.4) is 0 Å². The van der Waals surface area contributed by atoms with Crippen LogP contribution in [-0.4, -0.2) is 38.3 Å². The summed E-state index contributed by atoms with van der Waals surface area (Å²) in [4.78, 5) is 24.2. The monoisotopic (exact) mass is 427 g/mol. The van der Waals surface area contributed by atoms with Crippen molar-refractivity contribution in [1.29, 1.82) is 0 Å². The van der Waals surface area contributed by atoms with Crippen molar-refractivity contribution in [2.75, 3.05) is 16.8 Å². The van der Waals surface area contributed by atoms with E-state index in [1.54, 1.807) is 19.2 Å². The normalized spacial score (nSPS) is 11.9. The number of benzene rings is 1. The Balaban J connectivity index is 1.48. The quantitative estimate of drug-likeness (QED) is 0.572. The highest BCUT2D eigenvalue weighted by Gasteiger charge is 2.17. The van der Waals surface area contributed by atoms with Crippen molar-refractivity contribution in [2.45, 2.75) is 33.7 Å². The highest BCUT2D eigenvalue weighted by molar-refractivity contribution is 8.00. The molecule has 0 saturated carbocycles. The molecule has 3 rings (SSSR count). The van der Waals surface area contributed by atoms with Crippen molar-refractivity contribution in [3.05, 3.63) is 59.1 Å². The molecule has 158 valence electrons. The molecule has 1 unspecified atom stereocenters. The predicted octanol–water partition coefficient (Wildman–Crippen LogP) is 3.33. The molecule has 0 radical (unpaired) electrons. The first kappa shape index (κ1) is 21.6. The van der Waals surface area contributed by atoms with Crippen LogP contribution in [0.1, 0.15) is 35.5 Å². The molecule has 0 spiro atoms. The van der Waals surface area contributed by atoms with Crippen LogP contribution in [0.2, 0.25) is 0 Å². The Kier molecular flexibility index (Phi) is 6.94. The molecule has 1 aromatic carbocycles. The van der Waals surface area contributed by atoms with Crippen LogP contribution < -0.4 is 10.6 Å². The van der Waals surface area contributed by atoms with E-state index in [0.717, 1.165) is 16.9 Å². The molecule has 0 fully saturated rings. The number of hydrogen-bond acceptors (Lipinski definition) is 6. The number of carbonyl (C=O) groups is 2. The van der Waals surface area contributed by atoms with Crippen molar-refractivity contribution in [2.24, 2.45) is 0 Å². The molecule has 3 aromatic rings. The summed E-state index contributed by atoms with van der Waals surface area (Å²) in [6.07, 6.45) is 1.78. The third-order valence-electron chi connectivity index (χ3n) is 4.53. The smallest absolute Gasteiger partial charge is 0.235 e. The molecular weight excluding hydrogens is 402 g/mol. The van der Waals surface area contributed by atoms with Gasteiger partial charge >= 0.3 is 0 Å². The highest BCUT2D eigenvalue weighted by atomic mass is 32.2. The predicted molar refractivity (Wildman–Crippen MR) is 117 cm³/mol. The van der Waals surface area contributed by atoms with Crippen LogP contribution in [0.4, 0.5) is 5.82 Å². The number of rotatable bonds is 8. The largest absolute Gasteiger partial charge is 0.360 e. The maximum atomic E-state index is 12.3. The summed E-state index contributed by atoms with van der Waals surface area (Å²) < 4.78 is 6.76. The lowest BCUT2D eigenvalue weighted by atomic mass is 10.1. The fourth-order valence-electron chi connectivity index (χ4n) is 3.00. The zero-order valence-electron chi connectivity index (χ0n) is 17.4. The lowest BCUT2D eigenvalue weighted by Crippen LogP contribution is -2.29. The molecule has 0 aliphatic carbocycles. The second-order valence-corrected chi connectivity index (χ2v) is 8.07. The molecular formula is C21H25N5O3S. The van der Waals surface area contributed by atoms with Crippen molar-refractivity contribution >= 4 is 29.4 Å². The van der Waals surface area contributed by atoms with Crippen molar-refractivity contribution in [3.63, 3.8) is 0 Å². The number of nitrogens with zero attached hydrogens (tertiary/aromatic N) is 3. The van der Waals surface area contributed by atoms with Gasteiger partial charge in [0.25, 0.3) is 0 Å². The fraction of sp³-hybridized carbons (Fsp3) is 0.333. The number of hydrogen-bond donors (Lipinski definition) is 2. The van der Waals surface area contributed by atoms with Crippen molar-refractivity contribution in [3.8, 4) is 5.69 Å². The van der Waals surface area contributed by atoms with Gasteiger partial charge in [0, 0.05) is 17.3 Å². The van der Waals surface area contributed by atoms with Crippen molar-refractivity contribution < 1.29 is 14.1 Å². The van der Waals surface area contributed by atoms with Gasteiger partial charge in [-0.05, 0) is 39.8 Å². The molecule has 0 saturated heterocycles. The van der Waals surface area contributed by atoms with Gasteiger partial charge in [-0.3, -0.25) is 9.59 Å². The van der Waals surface area contributed by atoms with E-state index in [1.165, 1.54) is 17.3 Å². The fourth-order valence-corrected chi connectivity index (χ4v) is 3.62.